The number of fused-ring (bicyclic) bond motifs is 3. The molecular weight excluding hydrogens is 280 g/mol. The molecule has 1 amide bonds. The summed E-state index contributed by atoms with van der Waals surface area (Å²) < 4.78 is 2.01. The van der Waals surface area contributed by atoms with Gasteiger partial charge in [0.25, 0.3) is 0 Å². The predicted molar refractivity (Wildman–Crippen MR) is 86.0 cm³/mol. The van der Waals surface area contributed by atoms with Gasteiger partial charge in [0.15, 0.2) is 5.82 Å². The first-order valence-corrected chi connectivity index (χ1v) is 7.09. The summed E-state index contributed by atoms with van der Waals surface area (Å²) in [4.78, 5) is 20.0. The molecule has 114 valence electrons. The molecule has 2 heterocycles. The van der Waals surface area contributed by atoms with Crippen molar-refractivity contribution in [3.05, 3.63) is 30.1 Å². The molecule has 0 atom stereocenters. The van der Waals surface area contributed by atoms with Crippen LogP contribution >= 0.6 is 0 Å². The quantitative estimate of drug-likeness (QED) is 0.658. The predicted octanol–water partition coefficient (Wildman–Crippen LogP) is 0.762. The molecule has 0 saturated heterocycles. The van der Waals surface area contributed by atoms with Crippen LogP contribution in [0.2, 0.25) is 0 Å². The summed E-state index contributed by atoms with van der Waals surface area (Å²) in [6.45, 7) is 2.87. The Morgan fingerprint density at radius 3 is 2.82 bits per heavy atom. The Morgan fingerprint density at radius 1 is 1.32 bits per heavy atom. The minimum atomic E-state index is -0.0650. The number of anilines is 1. The highest BCUT2D eigenvalue weighted by atomic mass is 16.1. The number of rotatable bonds is 4. The second-order valence-corrected chi connectivity index (χ2v) is 5.08. The Labute approximate surface area is 127 Å². The molecule has 3 rings (SSSR count). The van der Waals surface area contributed by atoms with Crippen LogP contribution in [0.5, 0.6) is 0 Å². The molecule has 7 nitrogen and oxygen atoms in total. The molecule has 0 spiro atoms. The van der Waals surface area contributed by atoms with E-state index >= 15 is 0 Å². The molecule has 0 saturated carbocycles. The average Bonchev–Trinajstić information content (AvgIpc) is 2.87. The smallest absolute Gasteiger partial charge is 0.216 e. The number of carbonyl (C=O) groups is 1. The second kappa shape index (κ2) is 5.61. The van der Waals surface area contributed by atoms with Crippen LogP contribution in [0.3, 0.4) is 0 Å². The van der Waals surface area contributed by atoms with Gasteiger partial charge in [-0.25, -0.2) is 9.97 Å². The fourth-order valence-corrected chi connectivity index (χ4v) is 2.65. The van der Waals surface area contributed by atoms with Gasteiger partial charge in [0.1, 0.15) is 11.3 Å². The van der Waals surface area contributed by atoms with E-state index in [0.29, 0.717) is 31.0 Å². The zero-order valence-electron chi connectivity index (χ0n) is 12.3. The summed E-state index contributed by atoms with van der Waals surface area (Å²) >= 11 is 0. The first-order chi connectivity index (χ1) is 10.6. The Morgan fingerprint density at radius 2 is 2.09 bits per heavy atom. The minimum Gasteiger partial charge on any atom is -0.382 e. The fourth-order valence-electron chi connectivity index (χ4n) is 2.65. The molecule has 0 radical (unpaired) electrons. The standard InChI is InChI=1S/C15H18N6O/c1-9(22)18-6-7-21-12(8-16)20-13-14(21)10-4-2-3-5-11(10)19-15(13)17/h2-5H,6-8,16H2,1H3,(H2,17,19)(H,18,22). The Kier molecular flexibility index (Phi) is 3.64. The molecule has 22 heavy (non-hydrogen) atoms. The van der Waals surface area contributed by atoms with E-state index in [0.717, 1.165) is 22.2 Å². The van der Waals surface area contributed by atoms with Gasteiger partial charge < -0.3 is 21.4 Å². The molecule has 1 aromatic carbocycles. The van der Waals surface area contributed by atoms with Crippen molar-refractivity contribution in [2.75, 3.05) is 12.3 Å². The van der Waals surface area contributed by atoms with Crippen LogP contribution in [0.15, 0.2) is 24.3 Å². The number of carbonyl (C=O) groups excluding carboxylic acids is 1. The Balaban J connectivity index is 2.21. The van der Waals surface area contributed by atoms with Gasteiger partial charge in [-0.2, -0.15) is 0 Å². The van der Waals surface area contributed by atoms with E-state index in [4.69, 9.17) is 11.5 Å². The highest BCUT2D eigenvalue weighted by Crippen LogP contribution is 2.28. The van der Waals surface area contributed by atoms with Crippen molar-refractivity contribution in [2.24, 2.45) is 5.73 Å². The SMILES string of the molecule is CC(=O)NCCn1c(CN)nc2c(N)nc3ccccc3c21. The fraction of sp³-hybridized carbons (Fsp3) is 0.267. The lowest BCUT2D eigenvalue weighted by molar-refractivity contribution is -0.118. The number of imidazole rings is 1. The summed E-state index contributed by atoms with van der Waals surface area (Å²) in [7, 11) is 0. The lowest BCUT2D eigenvalue weighted by atomic mass is 10.2. The third-order valence-corrected chi connectivity index (χ3v) is 3.58. The van der Waals surface area contributed by atoms with E-state index < -0.39 is 0 Å². The van der Waals surface area contributed by atoms with Crippen molar-refractivity contribution in [2.45, 2.75) is 20.0 Å². The third-order valence-electron chi connectivity index (χ3n) is 3.58. The molecule has 3 aromatic rings. The first-order valence-electron chi connectivity index (χ1n) is 7.09. The van der Waals surface area contributed by atoms with E-state index in [1.54, 1.807) is 0 Å². The molecule has 0 aliphatic carbocycles. The van der Waals surface area contributed by atoms with Gasteiger partial charge in [0.2, 0.25) is 5.91 Å². The first kappa shape index (κ1) is 14.3. The molecule has 0 aliphatic rings. The number of amides is 1. The maximum absolute atomic E-state index is 11.1. The van der Waals surface area contributed by atoms with E-state index in [-0.39, 0.29) is 5.91 Å². The molecular formula is C15H18N6O. The van der Waals surface area contributed by atoms with Crippen LogP contribution in [-0.2, 0) is 17.9 Å². The molecule has 7 heteroatoms. The lowest BCUT2D eigenvalue weighted by Crippen LogP contribution is -2.25. The highest BCUT2D eigenvalue weighted by Gasteiger charge is 2.16. The topological polar surface area (TPSA) is 112 Å². The zero-order chi connectivity index (χ0) is 15.7. The summed E-state index contributed by atoms with van der Waals surface area (Å²) in [6, 6.07) is 7.77. The number of pyridine rings is 1. The summed E-state index contributed by atoms with van der Waals surface area (Å²) in [6.07, 6.45) is 0. The summed E-state index contributed by atoms with van der Waals surface area (Å²) in [5, 5.41) is 3.76. The number of hydrogen-bond acceptors (Lipinski definition) is 5. The van der Waals surface area contributed by atoms with Crippen LogP contribution in [0, 0.1) is 0 Å². The largest absolute Gasteiger partial charge is 0.382 e. The van der Waals surface area contributed by atoms with E-state index in [1.165, 1.54) is 6.92 Å². The van der Waals surface area contributed by atoms with Gasteiger partial charge in [0, 0.05) is 25.4 Å². The number of nitrogens with one attached hydrogen (secondary N) is 1. The number of nitrogen functional groups attached to an aromatic ring is 1. The van der Waals surface area contributed by atoms with Gasteiger partial charge in [0.05, 0.1) is 17.6 Å². The zero-order valence-corrected chi connectivity index (χ0v) is 12.3. The van der Waals surface area contributed by atoms with Gasteiger partial charge >= 0.3 is 0 Å². The highest BCUT2D eigenvalue weighted by molar-refractivity contribution is 6.06. The maximum atomic E-state index is 11.1. The van der Waals surface area contributed by atoms with Crippen molar-refractivity contribution in [3.63, 3.8) is 0 Å². The minimum absolute atomic E-state index is 0.0650. The normalized spacial score (nSPS) is 11.2. The molecule has 0 aliphatic heterocycles. The van der Waals surface area contributed by atoms with Gasteiger partial charge in [-0.05, 0) is 6.07 Å². The number of para-hydroxylation sites is 1. The van der Waals surface area contributed by atoms with Crippen LogP contribution < -0.4 is 16.8 Å². The van der Waals surface area contributed by atoms with Crippen LogP contribution in [0.25, 0.3) is 21.9 Å². The molecule has 2 aromatic heterocycles. The van der Waals surface area contributed by atoms with E-state index in [9.17, 15) is 4.79 Å². The summed E-state index contributed by atoms with van der Waals surface area (Å²) in [5.41, 5.74) is 14.2. The number of benzene rings is 1. The lowest BCUT2D eigenvalue weighted by Gasteiger charge is -2.10. The van der Waals surface area contributed by atoms with Crippen LogP contribution in [0.4, 0.5) is 5.82 Å². The Bertz CT molecular complexity index is 854. The van der Waals surface area contributed by atoms with Crippen LogP contribution in [-0.4, -0.2) is 27.0 Å². The van der Waals surface area contributed by atoms with E-state index in [2.05, 4.69) is 15.3 Å². The number of nitrogens with two attached hydrogens (primary N) is 2. The molecule has 0 bridgehead atoms. The average molecular weight is 298 g/mol. The van der Waals surface area contributed by atoms with Crippen molar-refractivity contribution in [1.82, 2.24) is 19.9 Å². The van der Waals surface area contributed by atoms with Crippen molar-refractivity contribution in [1.29, 1.82) is 0 Å². The number of hydrogen-bond donors (Lipinski definition) is 3. The van der Waals surface area contributed by atoms with Gasteiger partial charge in [-0.15, -0.1) is 0 Å². The Hall–Kier alpha value is -2.67. The van der Waals surface area contributed by atoms with Gasteiger partial charge in [-0.1, -0.05) is 18.2 Å². The molecule has 0 fully saturated rings. The van der Waals surface area contributed by atoms with Crippen molar-refractivity contribution < 1.29 is 4.79 Å². The van der Waals surface area contributed by atoms with Gasteiger partial charge in [-0.3, -0.25) is 4.79 Å². The summed E-state index contributed by atoms with van der Waals surface area (Å²) in [5.74, 6) is 1.05. The second-order valence-electron chi connectivity index (χ2n) is 5.08. The molecule has 0 unspecified atom stereocenters. The number of nitrogens with zero attached hydrogens (tertiary/aromatic N) is 3. The molecule has 5 N–H and O–H groups in total. The van der Waals surface area contributed by atoms with Crippen molar-refractivity contribution >= 4 is 33.7 Å². The van der Waals surface area contributed by atoms with E-state index in [1.807, 2.05) is 28.8 Å². The van der Waals surface area contributed by atoms with Crippen molar-refractivity contribution in [3.8, 4) is 0 Å². The monoisotopic (exact) mass is 298 g/mol. The number of aromatic nitrogens is 3. The van der Waals surface area contributed by atoms with Crippen LogP contribution in [0.1, 0.15) is 12.7 Å². The maximum Gasteiger partial charge on any atom is 0.216 e. The third kappa shape index (κ3) is 2.35.